The first-order valence-electron chi connectivity index (χ1n) is 10.5. The first kappa shape index (κ1) is 24.1. The normalized spacial score (nSPS) is 12.0. The standard InChI is InChI=1S/C25H28N2O5S/c1-5-23(32-21-11-7-10-20(16-21)31-4)25(28)26-19-12-14-22(15-13-19)33(29,30)27-24-17(2)8-6-9-18(24)3/h6-16,23,27H,5H2,1-4H3,(H,26,28). The molecule has 174 valence electrons. The van der Waals surface area contributed by atoms with Gasteiger partial charge in [0, 0.05) is 11.8 Å². The van der Waals surface area contributed by atoms with Crippen LogP contribution >= 0.6 is 0 Å². The third kappa shape index (κ3) is 6.04. The van der Waals surface area contributed by atoms with Crippen molar-refractivity contribution in [2.24, 2.45) is 0 Å². The Morgan fingerprint density at radius 3 is 2.15 bits per heavy atom. The minimum absolute atomic E-state index is 0.0998. The van der Waals surface area contributed by atoms with Crippen molar-refractivity contribution in [3.05, 3.63) is 77.9 Å². The molecule has 3 aromatic carbocycles. The molecule has 1 unspecified atom stereocenters. The molecule has 0 aliphatic heterocycles. The van der Waals surface area contributed by atoms with Gasteiger partial charge < -0.3 is 14.8 Å². The summed E-state index contributed by atoms with van der Waals surface area (Å²) in [6.07, 6.45) is -0.263. The van der Waals surface area contributed by atoms with Crippen molar-refractivity contribution >= 4 is 27.3 Å². The zero-order chi connectivity index (χ0) is 24.0. The van der Waals surface area contributed by atoms with Crippen molar-refractivity contribution in [2.45, 2.75) is 38.2 Å². The van der Waals surface area contributed by atoms with Crippen molar-refractivity contribution in [1.29, 1.82) is 0 Å². The van der Waals surface area contributed by atoms with E-state index in [4.69, 9.17) is 9.47 Å². The summed E-state index contributed by atoms with van der Waals surface area (Å²) < 4.78 is 39.3. The monoisotopic (exact) mass is 468 g/mol. The van der Waals surface area contributed by atoms with Crippen molar-refractivity contribution in [1.82, 2.24) is 0 Å². The number of carbonyl (C=O) groups is 1. The molecule has 0 saturated heterocycles. The van der Waals surface area contributed by atoms with Crippen LogP contribution in [-0.2, 0) is 14.8 Å². The smallest absolute Gasteiger partial charge is 0.265 e. The number of hydrogen-bond acceptors (Lipinski definition) is 5. The Hall–Kier alpha value is -3.52. The molecular weight excluding hydrogens is 440 g/mol. The molecule has 3 aromatic rings. The van der Waals surface area contributed by atoms with E-state index >= 15 is 0 Å². The number of aryl methyl sites for hydroxylation is 2. The summed E-state index contributed by atoms with van der Waals surface area (Å²) in [7, 11) is -2.21. The highest BCUT2D eigenvalue weighted by atomic mass is 32.2. The van der Waals surface area contributed by atoms with Gasteiger partial charge in [0.15, 0.2) is 6.10 Å². The molecule has 7 nitrogen and oxygen atoms in total. The Morgan fingerprint density at radius 2 is 1.55 bits per heavy atom. The molecule has 0 aliphatic rings. The molecule has 0 aromatic heterocycles. The summed E-state index contributed by atoms with van der Waals surface area (Å²) in [5.74, 6) is 0.828. The Labute approximate surface area is 194 Å². The third-order valence-corrected chi connectivity index (χ3v) is 6.50. The number of nitrogens with one attached hydrogen (secondary N) is 2. The molecule has 1 atom stereocenters. The predicted octanol–water partition coefficient (Wildman–Crippen LogP) is 4.91. The summed E-state index contributed by atoms with van der Waals surface area (Å²) >= 11 is 0. The second kappa shape index (κ2) is 10.4. The van der Waals surface area contributed by atoms with Gasteiger partial charge in [-0.25, -0.2) is 8.42 Å². The van der Waals surface area contributed by atoms with E-state index in [2.05, 4.69) is 10.0 Å². The van der Waals surface area contributed by atoms with Crippen LogP contribution in [-0.4, -0.2) is 27.5 Å². The maximum Gasteiger partial charge on any atom is 0.265 e. The number of benzene rings is 3. The largest absolute Gasteiger partial charge is 0.497 e. The van der Waals surface area contributed by atoms with E-state index < -0.39 is 16.1 Å². The van der Waals surface area contributed by atoms with Crippen LogP contribution in [0.5, 0.6) is 11.5 Å². The van der Waals surface area contributed by atoms with Crippen molar-refractivity contribution < 1.29 is 22.7 Å². The van der Waals surface area contributed by atoms with Gasteiger partial charge in [-0.1, -0.05) is 31.2 Å². The van der Waals surface area contributed by atoms with Gasteiger partial charge in [0.25, 0.3) is 15.9 Å². The molecule has 2 N–H and O–H groups in total. The first-order valence-corrected chi connectivity index (χ1v) is 12.0. The molecule has 0 bridgehead atoms. The van der Waals surface area contributed by atoms with Crippen LogP contribution < -0.4 is 19.5 Å². The fourth-order valence-corrected chi connectivity index (χ4v) is 4.47. The number of anilines is 2. The summed E-state index contributed by atoms with van der Waals surface area (Å²) in [6, 6.07) is 18.6. The number of hydrogen-bond donors (Lipinski definition) is 2. The number of rotatable bonds is 9. The number of methoxy groups -OCH3 is 1. The third-order valence-electron chi connectivity index (χ3n) is 5.13. The maximum atomic E-state index is 12.8. The van der Waals surface area contributed by atoms with Crippen LogP contribution in [0.25, 0.3) is 0 Å². The molecule has 33 heavy (non-hydrogen) atoms. The van der Waals surface area contributed by atoms with Gasteiger partial charge in [-0.05, 0) is 67.8 Å². The van der Waals surface area contributed by atoms with E-state index in [1.807, 2.05) is 39.0 Å². The first-order chi connectivity index (χ1) is 15.7. The van der Waals surface area contributed by atoms with E-state index in [9.17, 15) is 13.2 Å². The van der Waals surface area contributed by atoms with E-state index in [1.54, 1.807) is 43.5 Å². The van der Waals surface area contributed by atoms with Crippen LogP contribution in [0.4, 0.5) is 11.4 Å². The number of carbonyl (C=O) groups excluding carboxylic acids is 1. The van der Waals surface area contributed by atoms with E-state index in [1.165, 1.54) is 12.1 Å². The highest BCUT2D eigenvalue weighted by Crippen LogP contribution is 2.25. The molecule has 0 heterocycles. The van der Waals surface area contributed by atoms with Crippen LogP contribution in [0.15, 0.2) is 71.6 Å². The summed E-state index contributed by atoms with van der Waals surface area (Å²) in [5.41, 5.74) is 2.71. The number of sulfonamides is 1. The molecule has 0 radical (unpaired) electrons. The molecule has 8 heteroatoms. The summed E-state index contributed by atoms with van der Waals surface area (Å²) in [4.78, 5) is 12.8. The highest BCUT2D eigenvalue weighted by molar-refractivity contribution is 7.92. The van der Waals surface area contributed by atoms with Gasteiger partial charge in [0.2, 0.25) is 0 Å². The Balaban J connectivity index is 1.69. The maximum absolute atomic E-state index is 12.8. The fourth-order valence-electron chi connectivity index (χ4n) is 3.27. The lowest BCUT2D eigenvalue weighted by Crippen LogP contribution is -2.32. The van der Waals surface area contributed by atoms with Crippen LogP contribution in [0, 0.1) is 13.8 Å². The number of amides is 1. The Morgan fingerprint density at radius 1 is 0.939 bits per heavy atom. The average molecular weight is 469 g/mol. The van der Waals surface area contributed by atoms with Gasteiger partial charge in [0.1, 0.15) is 11.5 Å². The predicted molar refractivity (Wildman–Crippen MR) is 129 cm³/mol. The van der Waals surface area contributed by atoms with Gasteiger partial charge in [-0.2, -0.15) is 0 Å². The Kier molecular flexibility index (Phi) is 7.60. The van der Waals surface area contributed by atoms with Crippen LogP contribution in [0.2, 0.25) is 0 Å². The lowest BCUT2D eigenvalue weighted by molar-refractivity contribution is -0.122. The molecule has 0 fully saturated rings. The van der Waals surface area contributed by atoms with Crippen molar-refractivity contribution in [2.75, 3.05) is 17.1 Å². The van der Waals surface area contributed by atoms with Gasteiger partial charge >= 0.3 is 0 Å². The summed E-state index contributed by atoms with van der Waals surface area (Å²) in [5, 5.41) is 2.78. The molecule has 0 aliphatic carbocycles. The van der Waals surface area contributed by atoms with Gasteiger partial charge in [0.05, 0.1) is 17.7 Å². The quantitative estimate of drug-likeness (QED) is 0.465. The summed E-state index contributed by atoms with van der Waals surface area (Å²) in [6.45, 7) is 5.54. The zero-order valence-corrected chi connectivity index (χ0v) is 19.9. The van der Waals surface area contributed by atoms with Crippen LogP contribution in [0.1, 0.15) is 24.5 Å². The van der Waals surface area contributed by atoms with Gasteiger partial charge in [-0.3, -0.25) is 9.52 Å². The SMILES string of the molecule is CCC(Oc1cccc(OC)c1)C(=O)Nc1ccc(S(=O)(=O)Nc2c(C)cccc2C)cc1. The lowest BCUT2D eigenvalue weighted by atomic mass is 10.1. The zero-order valence-electron chi connectivity index (χ0n) is 19.1. The molecule has 0 saturated carbocycles. The van der Waals surface area contributed by atoms with E-state index in [0.29, 0.717) is 29.3 Å². The van der Waals surface area contributed by atoms with Crippen molar-refractivity contribution in [3.8, 4) is 11.5 Å². The van der Waals surface area contributed by atoms with Crippen molar-refractivity contribution in [3.63, 3.8) is 0 Å². The number of ether oxygens (including phenoxy) is 2. The Bertz CT molecular complexity index is 1200. The van der Waals surface area contributed by atoms with E-state index in [0.717, 1.165) is 11.1 Å². The fraction of sp³-hybridized carbons (Fsp3) is 0.240. The molecular formula is C25H28N2O5S. The minimum atomic E-state index is -3.77. The van der Waals surface area contributed by atoms with Gasteiger partial charge in [-0.15, -0.1) is 0 Å². The minimum Gasteiger partial charge on any atom is -0.497 e. The second-order valence-electron chi connectivity index (χ2n) is 7.58. The molecule has 3 rings (SSSR count). The van der Waals surface area contributed by atoms with Crippen LogP contribution in [0.3, 0.4) is 0 Å². The highest BCUT2D eigenvalue weighted by Gasteiger charge is 2.20. The molecule has 0 spiro atoms. The lowest BCUT2D eigenvalue weighted by Gasteiger charge is -2.18. The number of para-hydroxylation sites is 1. The second-order valence-corrected chi connectivity index (χ2v) is 9.26. The van der Waals surface area contributed by atoms with E-state index in [-0.39, 0.29) is 10.8 Å². The average Bonchev–Trinajstić information content (AvgIpc) is 2.80. The molecule has 1 amide bonds. The topological polar surface area (TPSA) is 93.7 Å².